The Labute approximate surface area is 186 Å². The van der Waals surface area contributed by atoms with E-state index in [1.54, 1.807) is 36.4 Å². The second kappa shape index (κ2) is 8.94. The maximum Gasteiger partial charge on any atom is 0.338 e. The molecule has 1 saturated heterocycles. The highest BCUT2D eigenvalue weighted by atomic mass is 16.5. The Balaban J connectivity index is 1.40. The zero-order chi connectivity index (χ0) is 22.8. The van der Waals surface area contributed by atoms with Gasteiger partial charge in [0, 0.05) is 5.56 Å². The van der Waals surface area contributed by atoms with Crippen molar-refractivity contribution < 1.29 is 28.7 Å². The molecule has 1 heterocycles. The number of fused-ring (bicyclic) bond motifs is 1. The third-order valence-corrected chi connectivity index (χ3v) is 6.27. The molecule has 2 aliphatic rings. The van der Waals surface area contributed by atoms with Gasteiger partial charge in [0.05, 0.1) is 30.2 Å². The van der Waals surface area contributed by atoms with E-state index in [1.165, 1.54) is 24.1 Å². The summed E-state index contributed by atoms with van der Waals surface area (Å²) in [4.78, 5) is 51.5. The molecule has 0 aromatic heterocycles. The average molecular weight is 435 g/mol. The molecular weight excluding hydrogens is 410 g/mol. The number of anilines is 1. The molecule has 4 rings (SSSR count). The first-order chi connectivity index (χ1) is 15.4. The van der Waals surface area contributed by atoms with E-state index in [2.05, 4.69) is 6.92 Å². The first-order valence-electron chi connectivity index (χ1n) is 10.7. The van der Waals surface area contributed by atoms with E-state index in [4.69, 9.17) is 9.47 Å². The molecule has 0 radical (unpaired) electrons. The molecular formula is C25H25NO6. The number of carbonyl (C=O) groups is 4. The smallest absolute Gasteiger partial charge is 0.338 e. The van der Waals surface area contributed by atoms with Crippen LogP contribution in [0.3, 0.4) is 0 Å². The number of ether oxygens (including phenoxy) is 2. The number of Topliss-reactive ketones (excluding diaryl/α,β-unsaturated/α-hetero) is 1. The Morgan fingerprint density at radius 3 is 2.41 bits per heavy atom. The van der Waals surface area contributed by atoms with E-state index >= 15 is 0 Å². The van der Waals surface area contributed by atoms with Crippen molar-refractivity contribution in [1.82, 2.24) is 0 Å². The number of benzene rings is 2. The summed E-state index contributed by atoms with van der Waals surface area (Å²) in [5.74, 6) is -0.850. The second-order valence-electron chi connectivity index (χ2n) is 8.42. The summed E-state index contributed by atoms with van der Waals surface area (Å²) in [6.07, 6.45) is 2.42. The lowest BCUT2D eigenvalue weighted by molar-refractivity contribution is -0.122. The quantitative estimate of drug-likeness (QED) is 0.391. The minimum Gasteiger partial charge on any atom is -0.497 e. The summed E-state index contributed by atoms with van der Waals surface area (Å²) in [5.41, 5.74) is 1.07. The standard InChI is InChI=1S/C25H25NO6/c1-15-6-11-20-21(12-15)24(29)26(23(20)28)18-9-7-16(8-10-18)25(30)32-14-22(27)17-4-3-5-19(13-17)31-2/h3-5,7-10,13,15,20-21H,6,11-12,14H2,1-2H3/t15-,20-,21+/m0/s1. The maximum atomic E-state index is 12.8. The van der Waals surface area contributed by atoms with Crippen LogP contribution in [0, 0.1) is 17.8 Å². The zero-order valence-electron chi connectivity index (χ0n) is 18.1. The van der Waals surface area contributed by atoms with E-state index in [0.717, 1.165) is 19.3 Å². The van der Waals surface area contributed by atoms with E-state index in [0.29, 0.717) is 22.9 Å². The fraction of sp³-hybridized carbons (Fsp3) is 0.360. The van der Waals surface area contributed by atoms with Gasteiger partial charge in [-0.25, -0.2) is 4.79 Å². The number of amides is 2. The molecule has 0 unspecified atom stereocenters. The van der Waals surface area contributed by atoms with Crippen LogP contribution in [0.5, 0.6) is 5.75 Å². The lowest BCUT2D eigenvalue weighted by Gasteiger charge is -2.25. The van der Waals surface area contributed by atoms with Gasteiger partial charge in [0.1, 0.15) is 5.75 Å². The van der Waals surface area contributed by atoms with Crippen LogP contribution < -0.4 is 9.64 Å². The number of esters is 1. The predicted molar refractivity (Wildman–Crippen MR) is 117 cm³/mol. The number of hydrogen-bond donors (Lipinski definition) is 0. The van der Waals surface area contributed by atoms with Gasteiger partial charge in [-0.3, -0.25) is 19.3 Å². The van der Waals surface area contributed by atoms with Gasteiger partial charge in [-0.2, -0.15) is 0 Å². The highest BCUT2D eigenvalue weighted by molar-refractivity contribution is 6.22. The molecule has 0 N–H and O–H groups in total. The summed E-state index contributed by atoms with van der Waals surface area (Å²) < 4.78 is 10.2. The Morgan fingerprint density at radius 2 is 1.69 bits per heavy atom. The Morgan fingerprint density at radius 1 is 0.969 bits per heavy atom. The highest BCUT2D eigenvalue weighted by Crippen LogP contribution is 2.42. The number of carbonyl (C=O) groups excluding carboxylic acids is 4. The summed E-state index contributed by atoms with van der Waals surface area (Å²) >= 11 is 0. The van der Waals surface area contributed by atoms with Crippen LogP contribution in [-0.4, -0.2) is 37.3 Å². The van der Waals surface area contributed by atoms with Gasteiger partial charge >= 0.3 is 5.97 Å². The van der Waals surface area contributed by atoms with Gasteiger partial charge in [0.15, 0.2) is 12.4 Å². The van der Waals surface area contributed by atoms with Gasteiger partial charge in [0.2, 0.25) is 11.8 Å². The number of imide groups is 1. The minimum absolute atomic E-state index is 0.161. The Kier molecular flexibility index (Phi) is 6.08. The van der Waals surface area contributed by atoms with Crippen LogP contribution >= 0.6 is 0 Å². The van der Waals surface area contributed by atoms with Crippen LogP contribution in [0.4, 0.5) is 5.69 Å². The first kappa shape index (κ1) is 21.7. The SMILES string of the molecule is COc1cccc(C(=O)COC(=O)c2ccc(N3C(=O)[C@H]4CC[C@H](C)C[C@H]4C3=O)cc2)c1. The molecule has 2 aromatic rings. The molecule has 0 bridgehead atoms. The predicted octanol–water partition coefficient (Wildman–Crippen LogP) is 3.66. The van der Waals surface area contributed by atoms with Gasteiger partial charge in [-0.1, -0.05) is 19.1 Å². The van der Waals surface area contributed by atoms with Gasteiger partial charge in [0.25, 0.3) is 0 Å². The molecule has 166 valence electrons. The van der Waals surface area contributed by atoms with Crippen LogP contribution in [0.2, 0.25) is 0 Å². The normalized spacial score (nSPS) is 22.4. The van der Waals surface area contributed by atoms with E-state index in [1.807, 2.05) is 0 Å². The second-order valence-corrected chi connectivity index (χ2v) is 8.42. The fourth-order valence-electron chi connectivity index (χ4n) is 4.48. The van der Waals surface area contributed by atoms with E-state index in [-0.39, 0.29) is 35.0 Å². The van der Waals surface area contributed by atoms with E-state index < -0.39 is 12.6 Å². The number of nitrogens with zero attached hydrogens (tertiary/aromatic N) is 1. The van der Waals surface area contributed by atoms with Gasteiger partial charge in [-0.15, -0.1) is 0 Å². The van der Waals surface area contributed by atoms with Crippen molar-refractivity contribution >= 4 is 29.3 Å². The molecule has 2 aromatic carbocycles. The molecule has 2 fully saturated rings. The summed E-state index contributed by atoms with van der Waals surface area (Å²) in [7, 11) is 1.50. The Bertz CT molecular complexity index is 1060. The number of ketones is 1. The third kappa shape index (κ3) is 4.15. The Hall–Kier alpha value is -3.48. The maximum absolute atomic E-state index is 12.8. The summed E-state index contributed by atoms with van der Waals surface area (Å²) in [5, 5.41) is 0. The molecule has 0 spiro atoms. The lowest BCUT2D eigenvalue weighted by Crippen LogP contribution is -2.30. The average Bonchev–Trinajstić information content (AvgIpc) is 3.06. The van der Waals surface area contributed by atoms with Crippen LogP contribution in [0.25, 0.3) is 0 Å². The number of methoxy groups -OCH3 is 1. The lowest BCUT2D eigenvalue weighted by atomic mass is 9.76. The van der Waals surface area contributed by atoms with Crippen molar-refractivity contribution in [3.63, 3.8) is 0 Å². The van der Waals surface area contributed by atoms with Crippen molar-refractivity contribution in [2.75, 3.05) is 18.6 Å². The number of rotatable bonds is 6. The molecule has 2 amide bonds. The molecule has 7 heteroatoms. The van der Waals surface area contributed by atoms with E-state index in [9.17, 15) is 19.2 Å². The number of hydrogen-bond acceptors (Lipinski definition) is 6. The summed E-state index contributed by atoms with van der Waals surface area (Å²) in [6.45, 7) is 1.70. The molecule has 32 heavy (non-hydrogen) atoms. The topological polar surface area (TPSA) is 90.0 Å². The van der Waals surface area contributed by atoms with Crippen LogP contribution in [-0.2, 0) is 14.3 Å². The molecule has 1 saturated carbocycles. The molecule has 1 aliphatic carbocycles. The largest absolute Gasteiger partial charge is 0.497 e. The molecule has 1 aliphatic heterocycles. The van der Waals surface area contributed by atoms with Crippen LogP contribution in [0.1, 0.15) is 46.9 Å². The van der Waals surface area contributed by atoms with Crippen molar-refractivity contribution in [2.45, 2.75) is 26.2 Å². The zero-order valence-corrected chi connectivity index (χ0v) is 18.1. The monoisotopic (exact) mass is 435 g/mol. The van der Waals surface area contributed by atoms with Crippen LogP contribution in [0.15, 0.2) is 48.5 Å². The molecule has 7 nitrogen and oxygen atoms in total. The van der Waals surface area contributed by atoms with Crippen molar-refractivity contribution in [2.24, 2.45) is 17.8 Å². The third-order valence-electron chi connectivity index (χ3n) is 6.27. The summed E-state index contributed by atoms with van der Waals surface area (Å²) in [6, 6.07) is 12.7. The van der Waals surface area contributed by atoms with Gasteiger partial charge < -0.3 is 9.47 Å². The molecule has 3 atom stereocenters. The van der Waals surface area contributed by atoms with Crippen molar-refractivity contribution in [1.29, 1.82) is 0 Å². The highest BCUT2D eigenvalue weighted by Gasteiger charge is 2.49. The van der Waals surface area contributed by atoms with Crippen molar-refractivity contribution in [3.05, 3.63) is 59.7 Å². The van der Waals surface area contributed by atoms with Gasteiger partial charge in [-0.05, 0) is 61.6 Å². The first-order valence-corrected chi connectivity index (χ1v) is 10.7. The van der Waals surface area contributed by atoms with Crippen molar-refractivity contribution in [3.8, 4) is 5.75 Å². The fourth-order valence-corrected chi connectivity index (χ4v) is 4.48. The minimum atomic E-state index is -0.658.